The lowest BCUT2D eigenvalue weighted by molar-refractivity contribution is 0.00702. The van der Waals surface area contributed by atoms with Crippen LogP contribution in [0.25, 0.3) is 0 Å². The highest BCUT2D eigenvalue weighted by Gasteiger charge is 2.29. The van der Waals surface area contributed by atoms with Gasteiger partial charge in [-0.05, 0) is 32.8 Å². The number of methoxy groups -OCH3 is 1. The second kappa shape index (κ2) is 6.26. The molecule has 0 aliphatic carbocycles. The van der Waals surface area contributed by atoms with Crippen LogP contribution in [0, 0.1) is 0 Å². The lowest BCUT2D eigenvalue weighted by Crippen LogP contribution is -2.24. The summed E-state index contributed by atoms with van der Waals surface area (Å²) in [7, 11) is 1.31. The summed E-state index contributed by atoms with van der Waals surface area (Å²) in [6.45, 7) is 7.32. The van der Waals surface area contributed by atoms with Gasteiger partial charge in [-0.2, -0.15) is 0 Å². The third-order valence-electron chi connectivity index (χ3n) is 2.51. The zero-order valence-electron chi connectivity index (χ0n) is 12.5. The van der Waals surface area contributed by atoms with E-state index in [4.69, 9.17) is 15.2 Å². The number of anilines is 1. The highest BCUT2D eigenvalue weighted by atomic mass is 32.1. The third-order valence-corrected chi connectivity index (χ3v) is 3.55. The molecule has 1 rings (SSSR count). The summed E-state index contributed by atoms with van der Waals surface area (Å²) < 4.78 is 10.1. The summed E-state index contributed by atoms with van der Waals surface area (Å²) in [5.74, 6) is -0.968. The van der Waals surface area contributed by atoms with E-state index in [0.29, 0.717) is 27.4 Å². The number of nitrogens with two attached hydrogens (primary N) is 1. The van der Waals surface area contributed by atoms with Crippen LogP contribution in [0.15, 0.2) is 0 Å². The van der Waals surface area contributed by atoms with E-state index in [-0.39, 0.29) is 0 Å². The van der Waals surface area contributed by atoms with Gasteiger partial charge < -0.3 is 15.2 Å². The zero-order valence-corrected chi connectivity index (χ0v) is 13.3. The highest BCUT2D eigenvalue weighted by Crippen LogP contribution is 2.34. The third kappa shape index (κ3) is 3.72. The van der Waals surface area contributed by atoms with Crippen molar-refractivity contribution in [2.75, 3.05) is 12.8 Å². The summed E-state index contributed by atoms with van der Waals surface area (Å²) in [6.07, 6.45) is 1.36. The first-order chi connectivity index (χ1) is 9.21. The van der Waals surface area contributed by atoms with Gasteiger partial charge in [-0.1, -0.05) is 13.3 Å². The lowest BCUT2D eigenvalue weighted by atomic mass is 10.0. The minimum Gasteiger partial charge on any atom is -0.465 e. The van der Waals surface area contributed by atoms with Crippen molar-refractivity contribution in [1.82, 2.24) is 0 Å². The Bertz CT molecular complexity index is 514. The highest BCUT2D eigenvalue weighted by molar-refractivity contribution is 7.18. The fourth-order valence-corrected chi connectivity index (χ4v) is 2.81. The van der Waals surface area contributed by atoms with Crippen molar-refractivity contribution < 1.29 is 19.1 Å². The van der Waals surface area contributed by atoms with Crippen LogP contribution >= 0.6 is 11.3 Å². The number of ether oxygens (including phenoxy) is 2. The number of rotatable bonds is 4. The normalized spacial score (nSPS) is 11.2. The Morgan fingerprint density at radius 2 is 1.85 bits per heavy atom. The molecule has 0 spiro atoms. The number of carbonyl (C=O) groups is 2. The SMILES string of the molecule is CCCc1c(C(=O)OC)sc(N)c1C(=O)OC(C)(C)C. The molecule has 0 unspecified atom stereocenters. The molecule has 0 atom stereocenters. The minimum absolute atomic E-state index is 0.295. The Hall–Kier alpha value is -1.56. The van der Waals surface area contributed by atoms with E-state index in [2.05, 4.69) is 0 Å². The Labute approximate surface area is 123 Å². The molecule has 0 fully saturated rings. The van der Waals surface area contributed by atoms with Crippen LogP contribution in [0.4, 0.5) is 5.00 Å². The van der Waals surface area contributed by atoms with Gasteiger partial charge in [0, 0.05) is 0 Å². The van der Waals surface area contributed by atoms with E-state index in [9.17, 15) is 9.59 Å². The molecule has 0 aromatic carbocycles. The van der Waals surface area contributed by atoms with Gasteiger partial charge in [-0.15, -0.1) is 11.3 Å². The first kappa shape index (κ1) is 16.5. The molecule has 0 radical (unpaired) electrons. The number of thiophene rings is 1. The topological polar surface area (TPSA) is 78.6 Å². The quantitative estimate of drug-likeness (QED) is 0.865. The number of carbonyl (C=O) groups excluding carboxylic acids is 2. The fourth-order valence-electron chi connectivity index (χ4n) is 1.78. The number of esters is 2. The molecular formula is C14H21NO4S. The van der Waals surface area contributed by atoms with Crippen molar-refractivity contribution in [1.29, 1.82) is 0 Å². The summed E-state index contributed by atoms with van der Waals surface area (Å²) in [5.41, 5.74) is 6.20. The van der Waals surface area contributed by atoms with Gasteiger partial charge in [-0.3, -0.25) is 0 Å². The smallest absolute Gasteiger partial charge is 0.348 e. The van der Waals surface area contributed by atoms with Crippen LogP contribution in [0.1, 0.15) is 59.7 Å². The molecule has 0 aliphatic heterocycles. The molecule has 0 bridgehead atoms. The van der Waals surface area contributed by atoms with Crippen molar-refractivity contribution in [2.24, 2.45) is 0 Å². The molecule has 1 aromatic rings. The molecule has 0 amide bonds. The van der Waals surface area contributed by atoms with E-state index in [1.807, 2.05) is 6.92 Å². The molecule has 0 saturated carbocycles. The van der Waals surface area contributed by atoms with Gasteiger partial charge in [0.1, 0.15) is 15.5 Å². The summed E-state index contributed by atoms with van der Waals surface area (Å²) in [5, 5.41) is 0.295. The molecule has 1 aromatic heterocycles. The van der Waals surface area contributed by atoms with Crippen molar-refractivity contribution in [3.8, 4) is 0 Å². The van der Waals surface area contributed by atoms with Gasteiger partial charge in [0.25, 0.3) is 0 Å². The van der Waals surface area contributed by atoms with Gasteiger partial charge >= 0.3 is 11.9 Å². The average Bonchev–Trinajstić information content (AvgIpc) is 2.63. The Morgan fingerprint density at radius 3 is 2.30 bits per heavy atom. The van der Waals surface area contributed by atoms with Crippen molar-refractivity contribution >= 4 is 28.3 Å². The van der Waals surface area contributed by atoms with Gasteiger partial charge in [0.15, 0.2) is 0 Å². The van der Waals surface area contributed by atoms with Crippen molar-refractivity contribution in [2.45, 2.75) is 46.1 Å². The fraction of sp³-hybridized carbons (Fsp3) is 0.571. The maximum atomic E-state index is 12.3. The largest absolute Gasteiger partial charge is 0.465 e. The number of nitrogen functional groups attached to an aromatic ring is 1. The van der Waals surface area contributed by atoms with E-state index >= 15 is 0 Å². The second-order valence-corrected chi connectivity index (χ2v) is 6.44. The lowest BCUT2D eigenvalue weighted by Gasteiger charge is -2.20. The molecule has 0 aliphatic rings. The van der Waals surface area contributed by atoms with E-state index in [1.165, 1.54) is 7.11 Å². The Kier molecular flexibility index (Phi) is 5.16. The maximum absolute atomic E-state index is 12.3. The van der Waals surface area contributed by atoms with Crippen LogP contribution in [-0.2, 0) is 15.9 Å². The van der Waals surface area contributed by atoms with Gasteiger partial charge in [0.2, 0.25) is 0 Å². The Morgan fingerprint density at radius 1 is 1.25 bits per heavy atom. The molecule has 5 nitrogen and oxygen atoms in total. The number of hydrogen-bond donors (Lipinski definition) is 1. The van der Waals surface area contributed by atoms with Crippen LogP contribution in [0.3, 0.4) is 0 Å². The molecule has 20 heavy (non-hydrogen) atoms. The minimum atomic E-state index is -0.611. The molecule has 112 valence electrons. The molecule has 0 saturated heterocycles. The Balaban J connectivity index is 3.27. The van der Waals surface area contributed by atoms with Crippen LogP contribution in [-0.4, -0.2) is 24.6 Å². The predicted molar refractivity (Wildman–Crippen MR) is 79.2 cm³/mol. The standard InChI is InChI=1S/C14H21NO4S/c1-6-7-8-9(12(16)19-14(2,3)4)11(15)20-10(8)13(17)18-5/h6-7,15H2,1-5H3. The van der Waals surface area contributed by atoms with Crippen LogP contribution in [0.5, 0.6) is 0 Å². The predicted octanol–water partition coefficient (Wildman–Crippen LogP) is 3.02. The molecule has 6 heteroatoms. The maximum Gasteiger partial charge on any atom is 0.348 e. The zero-order chi connectivity index (χ0) is 15.5. The van der Waals surface area contributed by atoms with Crippen molar-refractivity contribution in [3.05, 3.63) is 16.0 Å². The monoisotopic (exact) mass is 299 g/mol. The molecular weight excluding hydrogens is 278 g/mol. The van der Waals surface area contributed by atoms with Gasteiger partial charge in [-0.25, -0.2) is 9.59 Å². The van der Waals surface area contributed by atoms with Crippen molar-refractivity contribution in [3.63, 3.8) is 0 Å². The molecule has 1 heterocycles. The summed E-state index contributed by atoms with van der Waals surface area (Å²) >= 11 is 1.07. The van der Waals surface area contributed by atoms with E-state index in [1.54, 1.807) is 20.8 Å². The van der Waals surface area contributed by atoms with E-state index < -0.39 is 17.5 Å². The van der Waals surface area contributed by atoms with Crippen LogP contribution in [0.2, 0.25) is 0 Å². The average molecular weight is 299 g/mol. The second-order valence-electron chi connectivity index (χ2n) is 5.39. The first-order valence-electron chi connectivity index (χ1n) is 6.44. The summed E-state index contributed by atoms with van der Waals surface area (Å²) in [4.78, 5) is 24.4. The number of hydrogen-bond acceptors (Lipinski definition) is 6. The molecule has 2 N–H and O–H groups in total. The van der Waals surface area contributed by atoms with E-state index in [0.717, 1.165) is 17.8 Å². The van der Waals surface area contributed by atoms with Crippen LogP contribution < -0.4 is 5.73 Å². The first-order valence-corrected chi connectivity index (χ1v) is 7.25. The summed E-state index contributed by atoms with van der Waals surface area (Å²) in [6, 6.07) is 0. The van der Waals surface area contributed by atoms with Gasteiger partial charge in [0.05, 0.1) is 12.7 Å².